The first-order chi connectivity index (χ1) is 11.0. The lowest BCUT2D eigenvalue weighted by molar-refractivity contribution is 0.242. The van der Waals surface area contributed by atoms with Crippen LogP contribution in [0.2, 0.25) is 10.2 Å². The summed E-state index contributed by atoms with van der Waals surface area (Å²) in [6.45, 7) is 3.88. The summed E-state index contributed by atoms with van der Waals surface area (Å²) in [7, 11) is 0. The second-order valence-corrected chi connectivity index (χ2v) is 5.90. The van der Waals surface area contributed by atoms with Crippen LogP contribution in [0.4, 0.5) is 0 Å². The molecule has 3 rings (SSSR count). The second kappa shape index (κ2) is 6.56. The smallest absolute Gasteiger partial charge is 0.259 e. The van der Waals surface area contributed by atoms with Crippen molar-refractivity contribution in [2.75, 3.05) is 0 Å². The number of pyridine rings is 1. The second-order valence-electron chi connectivity index (χ2n) is 5.10. The Morgan fingerprint density at radius 1 is 1.09 bits per heavy atom. The van der Waals surface area contributed by atoms with Gasteiger partial charge in [0, 0.05) is 11.8 Å². The van der Waals surface area contributed by atoms with E-state index >= 15 is 0 Å². The maximum Gasteiger partial charge on any atom is 0.259 e. The molecule has 1 aromatic carbocycles. The number of rotatable bonds is 4. The van der Waals surface area contributed by atoms with Crippen molar-refractivity contribution in [3.05, 3.63) is 46.7 Å². The van der Waals surface area contributed by atoms with E-state index in [0.717, 1.165) is 5.56 Å². The third-order valence-electron chi connectivity index (χ3n) is 2.95. The minimum atomic E-state index is 0.0486. The fourth-order valence-electron chi connectivity index (χ4n) is 1.95. The summed E-state index contributed by atoms with van der Waals surface area (Å²) in [4.78, 5) is 8.34. The van der Waals surface area contributed by atoms with Gasteiger partial charge in [0.15, 0.2) is 0 Å². The van der Waals surface area contributed by atoms with Crippen LogP contribution in [0.3, 0.4) is 0 Å². The molecule has 2 heterocycles. The van der Waals surface area contributed by atoms with Crippen LogP contribution in [-0.4, -0.2) is 21.2 Å². The molecule has 0 aliphatic rings. The van der Waals surface area contributed by atoms with Crippen molar-refractivity contribution in [1.82, 2.24) is 15.1 Å². The van der Waals surface area contributed by atoms with Gasteiger partial charge in [0.05, 0.1) is 16.7 Å². The van der Waals surface area contributed by atoms with Gasteiger partial charge in [0.25, 0.3) is 5.89 Å². The molecule has 0 radical (unpaired) electrons. The normalized spacial score (nSPS) is 11.0. The molecular formula is C16H13Cl2N3O2. The van der Waals surface area contributed by atoms with Gasteiger partial charge in [-0.1, -0.05) is 28.4 Å². The highest BCUT2D eigenvalue weighted by molar-refractivity contribution is 6.32. The highest BCUT2D eigenvalue weighted by Gasteiger charge is 2.13. The molecule has 0 fully saturated rings. The summed E-state index contributed by atoms with van der Waals surface area (Å²) in [5.41, 5.74) is 1.43. The van der Waals surface area contributed by atoms with Crippen molar-refractivity contribution in [3.8, 4) is 28.6 Å². The molecular weight excluding hydrogens is 337 g/mol. The zero-order valence-electron chi connectivity index (χ0n) is 12.5. The van der Waals surface area contributed by atoms with E-state index in [1.807, 2.05) is 19.9 Å². The Morgan fingerprint density at radius 3 is 2.52 bits per heavy atom. The lowest BCUT2D eigenvalue weighted by atomic mass is 10.2. The fraction of sp³-hybridized carbons (Fsp3) is 0.188. The van der Waals surface area contributed by atoms with Gasteiger partial charge in [-0.3, -0.25) is 0 Å². The highest BCUT2D eigenvalue weighted by atomic mass is 35.5. The van der Waals surface area contributed by atoms with Crippen molar-refractivity contribution in [3.63, 3.8) is 0 Å². The van der Waals surface area contributed by atoms with Crippen LogP contribution in [-0.2, 0) is 0 Å². The molecule has 5 nitrogen and oxygen atoms in total. The van der Waals surface area contributed by atoms with Crippen molar-refractivity contribution in [1.29, 1.82) is 0 Å². The van der Waals surface area contributed by atoms with Crippen LogP contribution in [0, 0.1) is 0 Å². The third kappa shape index (κ3) is 3.63. The van der Waals surface area contributed by atoms with Gasteiger partial charge in [-0.15, -0.1) is 0 Å². The SMILES string of the molecule is CC(C)Oc1ccc(-c2noc(-c3ccc(Cl)nc3)n2)cc1Cl. The summed E-state index contributed by atoms with van der Waals surface area (Å²) in [5.74, 6) is 1.42. The quantitative estimate of drug-likeness (QED) is 0.627. The number of hydrogen-bond donors (Lipinski definition) is 0. The van der Waals surface area contributed by atoms with Gasteiger partial charge in [-0.2, -0.15) is 4.98 Å². The first-order valence-corrected chi connectivity index (χ1v) is 7.71. The van der Waals surface area contributed by atoms with E-state index in [1.54, 1.807) is 30.5 Å². The van der Waals surface area contributed by atoms with Crippen LogP contribution in [0.1, 0.15) is 13.8 Å². The number of benzene rings is 1. The average Bonchev–Trinajstić information content (AvgIpc) is 2.99. The zero-order chi connectivity index (χ0) is 16.4. The molecule has 3 aromatic rings. The average molecular weight is 350 g/mol. The molecule has 7 heteroatoms. The van der Waals surface area contributed by atoms with E-state index < -0.39 is 0 Å². The van der Waals surface area contributed by atoms with Crippen LogP contribution in [0.25, 0.3) is 22.8 Å². The molecule has 0 saturated heterocycles. The largest absolute Gasteiger partial charge is 0.489 e. The van der Waals surface area contributed by atoms with Gasteiger partial charge < -0.3 is 9.26 Å². The molecule has 0 amide bonds. The standard InChI is InChI=1S/C16H13Cl2N3O2/c1-9(2)22-13-5-3-10(7-12(13)17)15-20-16(23-21-15)11-4-6-14(18)19-8-11/h3-9H,1-2H3. The monoisotopic (exact) mass is 349 g/mol. The molecule has 0 N–H and O–H groups in total. The topological polar surface area (TPSA) is 61.0 Å². The van der Waals surface area contributed by atoms with Gasteiger partial charge in [-0.25, -0.2) is 4.98 Å². The van der Waals surface area contributed by atoms with Crippen LogP contribution < -0.4 is 4.74 Å². The van der Waals surface area contributed by atoms with Crippen LogP contribution in [0.5, 0.6) is 5.75 Å². The molecule has 0 spiro atoms. The Bertz CT molecular complexity index is 816. The lowest BCUT2D eigenvalue weighted by Crippen LogP contribution is -2.05. The molecule has 0 aliphatic carbocycles. The summed E-state index contributed by atoms with van der Waals surface area (Å²) in [6, 6.07) is 8.79. The Kier molecular flexibility index (Phi) is 4.50. The lowest BCUT2D eigenvalue weighted by Gasteiger charge is -2.11. The molecule has 118 valence electrons. The number of hydrogen-bond acceptors (Lipinski definition) is 5. The number of nitrogens with zero attached hydrogens (tertiary/aromatic N) is 3. The van der Waals surface area contributed by atoms with Gasteiger partial charge in [-0.05, 0) is 44.2 Å². The predicted molar refractivity (Wildman–Crippen MR) is 88.7 cm³/mol. The van der Waals surface area contributed by atoms with Crippen LogP contribution >= 0.6 is 23.2 Å². The predicted octanol–water partition coefficient (Wildman–Crippen LogP) is 4.89. The number of aromatic nitrogens is 3. The maximum absolute atomic E-state index is 6.23. The zero-order valence-corrected chi connectivity index (χ0v) is 14.0. The molecule has 23 heavy (non-hydrogen) atoms. The molecule has 0 atom stereocenters. The van der Waals surface area contributed by atoms with Crippen molar-refractivity contribution >= 4 is 23.2 Å². The molecule has 0 bridgehead atoms. The Hall–Kier alpha value is -2.11. The number of ether oxygens (including phenoxy) is 1. The van der Waals surface area contributed by atoms with E-state index in [4.69, 9.17) is 32.5 Å². The molecule has 0 unspecified atom stereocenters. The van der Waals surface area contributed by atoms with E-state index in [1.165, 1.54) is 0 Å². The Morgan fingerprint density at radius 2 is 1.87 bits per heavy atom. The molecule has 0 saturated carbocycles. The van der Waals surface area contributed by atoms with E-state index in [2.05, 4.69) is 15.1 Å². The number of halogens is 2. The maximum atomic E-state index is 6.23. The van der Waals surface area contributed by atoms with Crippen molar-refractivity contribution < 1.29 is 9.26 Å². The minimum absolute atomic E-state index is 0.0486. The van der Waals surface area contributed by atoms with Crippen molar-refractivity contribution in [2.45, 2.75) is 20.0 Å². The van der Waals surface area contributed by atoms with Gasteiger partial charge in [0.2, 0.25) is 5.82 Å². The minimum Gasteiger partial charge on any atom is -0.489 e. The van der Waals surface area contributed by atoms with Crippen LogP contribution in [0.15, 0.2) is 41.1 Å². The van der Waals surface area contributed by atoms with E-state index in [9.17, 15) is 0 Å². The summed E-state index contributed by atoms with van der Waals surface area (Å²) >= 11 is 12.0. The van der Waals surface area contributed by atoms with E-state index in [0.29, 0.717) is 33.2 Å². The van der Waals surface area contributed by atoms with E-state index in [-0.39, 0.29) is 6.10 Å². The summed E-state index contributed by atoms with van der Waals surface area (Å²) < 4.78 is 10.9. The Balaban J connectivity index is 1.88. The van der Waals surface area contributed by atoms with Gasteiger partial charge >= 0.3 is 0 Å². The highest BCUT2D eigenvalue weighted by Crippen LogP contribution is 2.30. The first-order valence-electron chi connectivity index (χ1n) is 6.95. The summed E-state index contributed by atoms with van der Waals surface area (Å²) in [6.07, 6.45) is 1.62. The molecule has 2 aromatic heterocycles. The van der Waals surface area contributed by atoms with Crippen molar-refractivity contribution in [2.24, 2.45) is 0 Å². The third-order valence-corrected chi connectivity index (χ3v) is 3.47. The first kappa shape index (κ1) is 15.8. The fourth-order valence-corrected chi connectivity index (χ4v) is 2.29. The molecule has 0 aliphatic heterocycles. The van der Waals surface area contributed by atoms with Gasteiger partial charge in [0.1, 0.15) is 10.9 Å². The Labute approximate surface area is 143 Å². The summed E-state index contributed by atoms with van der Waals surface area (Å²) in [5, 5.41) is 4.87.